The second-order valence-corrected chi connectivity index (χ2v) is 9.06. The Labute approximate surface area is 170 Å². The van der Waals surface area contributed by atoms with E-state index < -0.39 is 0 Å². The maximum atomic E-state index is 6.64. The van der Waals surface area contributed by atoms with Gasteiger partial charge in [0.2, 0.25) is 0 Å². The van der Waals surface area contributed by atoms with Gasteiger partial charge in [0.1, 0.15) is 0 Å². The monoisotopic (exact) mass is 432 g/mol. The number of hydrogen-bond acceptors (Lipinski definition) is 2. The molecule has 0 aromatic heterocycles. The molecule has 0 aliphatic carbocycles. The van der Waals surface area contributed by atoms with E-state index in [1.807, 2.05) is 30.5 Å². The summed E-state index contributed by atoms with van der Waals surface area (Å²) < 4.78 is 1.02. The van der Waals surface area contributed by atoms with Gasteiger partial charge in [-0.15, -0.1) is 0 Å². The van der Waals surface area contributed by atoms with Gasteiger partial charge in [0.25, 0.3) is 0 Å². The van der Waals surface area contributed by atoms with Crippen molar-refractivity contribution in [2.45, 2.75) is 52.0 Å². The first kappa shape index (κ1) is 19.4. The number of fused-ring (bicyclic) bond motifs is 1. The molecule has 26 heavy (non-hydrogen) atoms. The van der Waals surface area contributed by atoms with Gasteiger partial charge in [-0.2, -0.15) is 0 Å². The maximum Gasteiger partial charge on any atom is 0.0641 e. The molecule has 1 heterocycles. The van der Waals surface area contributed by atoms with Crippen LogP contribution >= 0.6 is 27.5 Å². The summed E-state index contributed by atoms with van der Waals surface area (Å²) in [4.78, 5) is 7.12. The quantitative estimate of drug-likeness (QED) is 0.460. The largest absolute Gasteiger partial charge is 0.366 e. The van der Waals surface area contributed by atoms with Gasteiger partial charge < -0.3 is 4.90 Å². The second kappa shape index (κ2) is 7.74. The lowest BCUT2D eigenvalue weighted by molar-refractivity contribution is 0.376. The SMILES string of the molecule is CCCN1c2cc(Cl)c(C=Nc3cccc(Br)c3)cc2C(C)CC1(C)C. The van der Waals surface area contributed by atoms with E-state index >= 15 is 0 Å². The highest BCUT2D eigenvalue weighted by atomic mass is 79.9. The van der Waals surface area contributed by atoms with Crippen LogP contribution in [0.25, 0.3) is 0 Å². The molecular weight excluding hydrogens is 408 g/mol. The van der Waals surface area contributed by atoms with Crippen LogP contribution in [0.2, 0.25) is 5.02 Å². The summed E-state index contributed by atoms with van der Waals surface area (Å²) in [7, 11) is 0. The molecule has 0 saturated heterocycles. The van der Waals surface area contributed by atoms with Crippen molar-refractivity contribution >= 4 is 45.1 Å². The van der Waals surface area contributed by atoms with E-state index in [4.69, 9.17) is 11.6 Å². The minimum absolute atomic E-state index is 0.150. The number of hydrogen-bond donors (Lipinski definition) is 0. The predicted molar refractivity (Wildman–Crippen MR) is 118 cm³/mol. The second-order valence-electron chi connectivity index (χ2n) is 7.74. The average Bonchev–Trinajstić information content (AvgIpc) is 2.57. The van der Waals surface area contributed by atoms with Gasteiger partial charge >= 0.3 is 0 Å². The molecule has 0 N–H and O–H groups in total. The summed E-state index contributed by atoms with van der Waals surface area (Å²) in [6.45, 7) is 10.3. The van der Waals surface area contributed by atoms with Crippen molar-refractivity contribution in [3.63, 3.8) is 0 Å². The topological polar surface area (TPSA) is 15.6 Å². The molecule has 0 amide bonds. The minimum Gasteiger partial charge on any atom is -0.366 e. The highest BCUT2D eigenvalue weighted by Crippen LogP contribution is 2.45. The number of anilines is 1. The van der Waals surface area contributed by atoms with E-state index in [0.717, 1.165) is 40.1 Å². The van der Waals surface area contributed by atoms with Crippen LogP contribution < -0.4 is 4.90 Å². The Balaban J connectivity index is 2.00. The maximum absolute atomic E-state index is 6.64. The molecule has 2 aromatic rings. The van der Waals surface area contributed by atoms with Gasteiger partial charge in [0.05, 0.1) is 10.7 Å². The molecule has 4 heteroatoms. The number of benzene rings is 2. The Bertz CT molecular complexity index is 829. The number of nitrogens with zero attached hydrogens (tertiary/aromatic N) is 2. The van der Waals surface area contributed by atoms with Crippen LogP contribution in [-0.2, 0) is 0 Å². The Kier molecular flexibility index (Phi) is 5.78. The molecule has 1 atom stereocenters. The Hall–Kier alpha value is -1.32. The molecule has 138 valence electrons. The molecule has 1 unspecified atom stereocenters. The number of rotatable bonds is 4. The van der Waals surface area contributed by atoms with Crippen molar-refractivity contribution in [1.29, 1.82) is 0 Å². The Morgan fingerprint density at radius 2 is 2.08 bits per heavy atom. The van der Waals surface area contributed by atoms with E-state index in [1.54, 1.807) is 0 Å². The van der Waals surface area contributed by atoms with Crippen LogP contribution in [0, 0.1) is 0 Å². The minimum atomic E-state index is 0.150. The van der Waals surface area contributed by atoms with Crippen LogP contribution in [0.4, 0.5) is 11.4 Å². The van der Waals surface area contributed by atoms with Gasteiger partial charge in [-0.05, 0) is 68.5 Å². The Morgan fingerprint density at radius 3 is 2.77 bits per heavy atom. The summed E-state index contributed by atoms with van der Waals surface area (Å²) in [5.41, 5.74) is 4.69. The molecule has 0 bridgehead atoms. The third kappa shape index (κ3) is 3.99. The average molecular weight is 434 g/mol. The van der Waals surface area contributed by atoms with Crippen molar-refractivity contribution in [1.82, 2.24) is 0 Å². The first-order valence-electron chi connectivity index (χ1n) is 9.22. The van der Waals surface area contributed by atoms with Crippen LogP contribution in [0.15, 0.2) is 45.9 Å². The summed E-state index contributed by atoms with van der Waals surface area (Å²) in [5.74, 6) is 0.503. The molecule has 0 spiro atoms. The van der Waals surface area contributed by atoms with Crippen molar-refractivity contribution in [3.8, 4) is 0 Å². The fourth-order valence-electron chi connectivity index (χ4n) is 3.97. The standard InChI is InChI=1S/C22H26BrClN2/c1-5-9-26-21-12-20(24)16(10-19(21)15(2)13-22(26,3)4)14-25-18-8-6-7-17(23)11-18/h6-8,10-12,14-15H,5,9,13H2,1-4H3. The van der Waals surface area contributed by atoms with E-state index in [0.29, 0.717) is 5.92 Å². The zero-order valence-corrected chi connectivity index (χ0v) is 18.2. The van der Waals surface area contributed by atoms with Gasteiger partial charge in [0.15, 0.2) is 0 Å². The van der Waals surface area contributed by atoms with Crippen LogP contribution in [0.3, 0.4) is 0 Å². The highest BCUT2D eigenvalue weighted by Gasteiger charge is 2.36. The fourth-order valence-corrected chi connectivity index (χ4v) is 4.56. The zero-order chi connectivity index (χ0) is 18.9. The van der Waals surface area contributed by atoms with E-state index in [1.165, 1.54) is 11.3 Å². The van der Waals surface area contributed by atoms with Crippen molar-refractivity contribution in [2.24, 2.45) is 4.99 Å². The highest BCUT2D eigenvalue weighted by molar-refractivity contribution is 9.10. The lowest BCUT2D eigenvalue weighted by Gasteiger charge is -2.47. The van der Waals surface area contributed by atoms with Crippen LogP contribution in [-0.4, -0.2) is 18.3 Å². The zero-order valence-electron chi connectivity index (χ0n) is 15.9. The fraction of sp³-hybridized carbons (Fsp3) is 0.409. The predicted octanol–water partition coefficient (Wildman–Crippen LogP) is 7.36. The summed E-state index contributed by atoms with van der Waals surface area (Å²) >= 11 is 10.1. The molecule has 1 aliphatic heterocycles. The molecule has 3 rings (SSSR count). The molecule has 2 aromatic carbocycles. The summed E-state index contributed by atoms with van der Waals surface area (Å²) in [6.07, 6.45) is 4.14. The number of aliphatic imine (C=N–C) groups is 1. The van der Waals surface area contributed by atoms with Crippen LogP contribution in [0.5, 0.6) is 0 Å². The lowest BCUT2D eigenvalue weighted by atomic mass is 9.79. The lowest BCUT2D eigenvalue weighted by Crippen LogP contribution is -2.48. The van der Waals surface area contributed by atoms with Crippen molar-refractivity contribution in [3.05, 3.63) is 57.0 Å². The molecular formula is C22H26BrClN2. The Morgan fingerprint density at radius 1 is 1.31 bits per heavy atom. The smallest absolute Gasteiger partial charge is 0.0641 e. The van der Waals surface area contributed by atoms with Gasteiger partial charge in [-0.25, -0.2) is 0 Å². The van der Waals surface area contributed by atoms with Gasteiger partial charge in [-0.1, -0.05) is 47.4 Å². The van der Waals surface area contributed by atoms with E-state index in [-0.39, 0.29) is 5.54 Å². The van der Waals surface area contributed by atoms with Gasteiger partial charge in [0, 0.05) is 34.0 Å². The first-order chi connectivity index (χ1) is 12.3. The van der Waals surface area contributed by atoms with E-state index in [9.17, 15) is 0 Å². The van der Waals surface area contributed by atoms with E-state index in [2.05, 4.69) is 65.6 Å². The van der Waals surface area contributed by atoms with Crippen molar-refractivity contribution in [2.75, 3.05) is 11.4 Å². The third-order valence-electron chi connectivity index (χ3n) is 5.11. The molecule has 0 saturated carbocycles. The van der Waals surface area contributed by atoms with Crippen molar-refractivity contribution < 1.29 is 0 Å². The summed E-state index contributed by atoms with van der Waals surface area (Å²) in [5, 5.41) is 0.758. The normalized spacial score (nSPS) is 19.0. The summed E-state index contributed by atoms with van der Waals surface area (Å²) in [6, 6.07) is 12.3. The third-order valence-corrected chi connectivity index (χ3v) is 5.93. The molecule has 0 radical (unpaired) electrons. The number of halogens is 2. The molecule has 2 nitrogen and oxygen atoms in total. The van der Waals surface area contributed by atoms with Crippen LogP contribution in [0.1, 0.15) is 57.6 Å². The molecule has 0 fully saturated rings. The molecule has 1 aliphatic rings. The first-order valence-corrected chi connectivity index (χ1v) is 10.4. The van der Waals surface area contributed by atoms with Gasteiger partial charge in [-0.3, -0.25) is 4.99 Å².